The number of hydrogen-bond donors (Lipinski definition) is 1. The maximum Gasteiger partial charge on any atom is 0.172 e. The minimum absolute atomic E-state index is 0.344. The van der Waals surface area contributed by atoms with E-state index in [-0.39, 0.29) is 0 Å². The summed E-state index contributed by atoms with van der Waals surface area (Å²) < 4.78 is 11.1. The third kappa shape index (κ3) is 1.98. The van der Waals surface area contributed by atoms with Crippen LogP contribution in [-0.2, 0) is 0 Å². The average Bonchev–Trinajstić information content (AvgIpc) is 2.71. The molecule has 2 aromatic rings. The van der Waals surface area contributed by atoms with E-state index in [4.69, 9.17) is 15.0 Å². The lowest BCUT2D eigenvalue weighted by molar-refractivity contribution is 0.121. The first-order valence-electron chi connectivity index (χ1n) is 5.81. The van der Waals surface area contributed by atoms with Gasteiger partial charge in [-0.25, -0.2) is 0 Å². The van der Waals surface area contributed by atoms with Gasteiger partial charge in [0.1, 0.15) is 5.75 Å². The van der Waals surface area contributed by atoms with Crippen molar-refractivity contribution < 1.29 is 9.26 Å². The predicted molar refractivity (Wildman–Crippen MR) is 64.6 cm³/mol. The number of rotatable bonds is 3. The van der Waals surface area contributed by atoms with Gasteiger partial charge in [-0.15, -0.1) is 0 Å². The Labute approximate surface area is 99.4 Å². The SMILES string of the molecule is Nc1cc(-c2ccccc2OC2CCC2)on1. The largest absolute Gasteiger partial charge is 0.490 e. The highest BCUT2D eigenvalue weighted by atomic mass is 16.5. The highest BCUT2D eigenvalue weighted by Gasteiger charge is 2.21. The zero-order valence-electron chi connectivity index (χ0n) is 9.43. The number of anilines is 1. The van der Waals surface area contributed by atoms with Crippen LogP contribution in [0.5, 0.6) is 5.75 Å². The van der Waals surface area contributed by atoms with E-state index in [0.717, 1.165) is 24.2 Å². The Bertz CT molecular complexity index is 518. The van der Waals surface area contributed by atoms with Crippen molar-refractivity contribution in [3.63, 3.8) is 0 Å². The van der Waals surface area contributed by atoms with Crippen LogP contribution in [0.15, 0.2) is 34.9 Å². The van der Waals surface area contributed by atoms with Gasteiger partial charge in [-0.2, -0.15) is 0 Å². The molecule has 1 heterocycles. The minimum atomic E-state index is 0.344. The summed E-state index contributed by atoms with van der Waals surface area (Å²) in [4.78, 5) is 0. The number of nitrogens with zero attached hydrogens (tertiary/aromatic N) is 1. The van der Waals surface area contributed by atoms with Gasteiger partial charge in [0.15, 0.2) is 11.6 Å². The maximum atomic E-state index is 5.92. The first kappa shape index (κ1) is 10.2. The fraction of sp³-hybridized carbons (Fsp3) is 0.308. The van der Waals surface area contributed by atoms with Crippen LogP contribution in [0, 0.1) is 0 Å². The fourth-order valence-electron chi connectivity index (χ4n) is 1.86. The van der Waals surface area contributed by atoms with E-state index in [0.29, 0.717) is 17.7 Å². The van der Waals surface area contributed by atoms with Crippen LogP contribution in [-0.4, -0.2) is 11.3 Å². The van der Waals surface area contributed by atoms with E-state index in [9.17, 15) is 0 Å². The highest BCUT2D eigenvalue weighted by Crippen LogP contribution is 2.34. The van der Waals surface area contributed by atoms with Gasteiger partial charge in [0.05, 0.1) is 11.7 Å². The van der Waals surface area contributed by atoms with E-state index in [1.54, 1.807) is 6.07 Å². The number of hydrogen-bond acceptors (Lipinski definition) is 4. The van der Waals surface area contributed by atoms with Crippen molar-refractivity contribution in [3.8, 4) is 17.1 Å². The Morgan fingerprint density at radius 3 is 2.76 bits per heavy atom. The minimum Gasteiger partial charge on any atom is -0.490 e. The zero-order valence-corrected chi connectivity index (χ0v) is 9.43. The Hall–Kier alpha value is -1.97. The quantitative estimate of drug-likeness (QED) is 0.880. The van der Waals surface area contributed by atoms with Gasteiger partial charge in [-0.3, -0.25) is 0 Å². The van der Waals surface area contributed by atoms with Crippen molar-refractivity contribution in [2.45, 2.75) is 25.4 Å². The molecule has 17 heavy (non-hydrogen) atoms. The van der Waals surface area contributed by atoms with Gasteiger partial charge in [0.25, 0.3) is 0 Å². The Kier molecular flexibility index (Phi) is 2.48. The summed E-state index contributed by atoms with van der Waals surface area (Å²) in [7, 11) is 0. The van der Waals surface area contributed by atoms with E-state index in [1.807, 2.05) is 24.3 Å². The predicted octanol–water partition coefficient (Wildman–Crippen LogP) is 2.86. The van der Waals surface area contributed by atoms with Crippen molar-refractivity contribution in [3.05, 3.63) is 30.3 Å². The molecule has 1 aliphatic rings. The van der Waals surface area contributed by atoms with Crippen LogP contribution >= 0.6 is 0 Å². The standard InChI is InChI=1S/C13H14N2O2/c14-13-8-12(17-15-13)10-6-1-2-7-11(10)16-9-4-3-5-9/h1-2,6-9H,3-5H2,(H2,14,15). The number of nitrogen functional groups attached to an aromatic ring is 1. The van der Waals surface area contributed by atoms with Crippen LogP contribution in [0.3, 0.4) is 0 Å². The van der Waals surface area contributed by atoms with Gasteiger partial charge in [0, 0.05) is 6.07 Å². The smallest absolute Gasteiger partial charge is 0.172 e. The lowest BCUT2D eigenvalue weighted by atomic mass is 9.96. The molecule has 1 saturated carbocycles. The molecule has 1 fully saturated rings. The molecule has 1 aromatic heterocycles. The van der Waals surface area contributed by atoms with Crippen molar-refractivity contribution in [2.75, 3.05) is 5.73 Å². The maximum absolute atomic E-state index is 5.92. The number of aromatic nitrogens is 1. The third-order valence-corrected chi connectivity index (χ3v) is 3.03. The second kappa shape index (κ2) is 4.13. The molecule has 4 nitrogen and oxygen atoms in total. The van der Waals surface area contributed by atoms with E-state index < -0.39 is 0 Å². The molecule has 88 valence electrons. The molecule has 0 bridgehead atoms. The number of ether oxygens (including phenoxy) is 1. The Morgan fingerprint density at radius 1 is 1.29 bits per heavy atom. The van der Waals surface area contributed by atoms with Crippen molar-refractivity contribution in [2.24, 2.45) is 0 Å². The molecule has 1 aliphatic carbocycles. The van der Waals surface area contributed by atoms with E-state index >= 15 is 0 Å². The van der Waals surface area contributed by atoms with Gasteiger partial charge in [0.2, 0.25) is 0 Å². The summed E-state index contributed by atoms with van der Waals surface area (Å²) in [5.41, 5.74) is 6.47. The van der Waals surface area contributed by atoms with Crippen molar-refractivity contribution >= 4 is 5.82 Å². The van der Waals surface area contributed by atoms with Gasteiger partial charge in [-0.1, -0.05) is 17.3 Å². The average molecular weight is 230 g/mol. The summed E-state index contributed by atoms with van der Waals surface area (Å²) in [6, 6.07) is 9.52. The molecule has 0 spiro atoms. The second-order valence-electron chi connectivity index (χ2n) is 4.28. The molecule has 0 radical (unpaired) electrons. The molecular weight excluding hydrogens is 216 g/mol. The van der Waals surface area contributed by atoms with Crippen molar-refractivity contribution in [1.29, 1.82) is 0 Å². The van der Waals surface area contributed by atoms with Crippen LogP contribution in [0.1, 0.15) is 19.3 Å². The molecule has 4 heteroatoms. The van der Waals surface area contributed by atoms with Crippen molar-refractivity contribution in [1.82, 2.24) is 5.16 Å². The summed E-state index contributed by atoms with van der Waals surface area (Å²) in [6.45, 7) is 0. The van der Waals surface area contributed by atoms with E-state index in [1.165, 1.54) is 6.42 Å². The molecule has 3 rings (SSSR count). The van der Waals surface area contributed by atoms with Gasteiger partial charge in [-0.05, 0) is 31.4 Å². The monoisotopic (exact) mass is 230 g/mol. The zero-order chi connectivity index (χ0) is 11.7. The topological polar surface area (TPSA) is 61.3 Å². The summed E-state index contributed by atoms with van der Waals surface area (Å²) in [5.74, 6) is 1.88. The first-order chi connectivity index (χ1) is 8.33. The van der Waals surface area contributed by atoms with Crippen LogP contribution < -0.4 is 10.5 Å². The second-order valence-corrected chi connectivity index (χ2v) is 4.28. The van der Waals surface area contributed by atoms with Gasteiger partial charge >= 0.3 is 0 Å². The Morgan fingerprint density at radius 2 is 2.12 bits per heavy atom. The molecule has 0 aliphatic heterocycles. The van der Waals surface area contributed by atoms with Crippen LogP contribution in [0.25, 0.3) is 11.3 Å². The lowest BCUT2D eigenvalue weighted by Gasteiger charge is -2.27. The lowest BCUT2D eigenvalue weighted by Crippen LogP contribution is -2.24. The molecule has 0 amide bonds. The molecule has 0 atom stereocenters. The fourth-order valence-corrected chi connectivity index (χ4v) is 1.86. The number of para-hydroxylation sites is 1. The van der Waals surface area contributed by atoms with Crippen LogP contribution in [0.2, 0.25) is 0 Å². The van der Waals surface area contributed by atoms with E-state index in [2.05, 4.69) is 5.16 Å². The normalized spacial score (nSPS) is 15.5. The Balaban J connectivity index is 1.92. The molecular formula is C13H14N2O2. The molecule has 2 N–H and O–H groups in total. The summed E-state index contributed by atoms with van der Waals surface area (Å²) >= 11 is 0. The molecule has 0 unspecified atom stereocenters. The third-order valence-electron chi connectivity index (χ3n) is 3.03. The van der Waals surface area contributed by atoms with Gasteiger partial charge < -0.3 is 15.0 Å². The molecule has 0 saturated heterocycles. The highest BCUT2D eigenvalue weighted by molar-refractivity contribution is 5.67. The number of nitrogens with two attached hydrogens (primary N) is 1. The molecule has 1 aromatic carbocycles. The first-order valence-corrected chi connectivity index (χ1v) is 5.81. The van der Waals surface area contributed by atoms with Crippen LogP contribution in [0.4, 0.5) is 5.82 Å². The summed E-state index contributed by atoms with van der Waals surface area (Å²) in [5, 5.41) is 3.69. The summed E-state index contributed by atoms with van der Waals surface area (Å²) in [6.07, 6.45) is 3.86. The number of benzene rings is 1.